The molecular formula is C20H21N3O4. The van der Waals surface area contributed by atoms with Gasteiger partial charge in [-0.2, -0.15) is 0 Å². The van der Waals surface area contributed by atoms with Crippen LogP contribution in [-0.4, -0.2) is 28.1 Å². The van der Waals surface area contributed by atoms with E-state index >= 15 is 0 Å². The molecule has 0 saturated heterocycles. The van der Waals surface area contributed by atoms with Crippen LogP contribution in [0.5, 0.6) is 0 Å². The Labute approximate surface area is 156 Å². The van der Waals surface area contributed by atoms with Gasteiger partial charge in [0.2, 0.25) is 0 Å². The van der Waals surface area contributed by atoms with E-state index in [0.29, 0.717) is 23.1 Å². The Morgan fingerprint density at radius 3 is 2.67 bits per heavy atom. The van der Waals surface area contributed by atoms with Gasteiger partial charge in [-0.05, 0) is 38.8 Å². The minimum atomic E-state index is -0.995. The monoisotopic (exact) mass is 367 g/mol. The minimum absolute atomic E-state index is 0.277. The van der Waals surface area contributed by atoms with Gasteiger partial charge in [0.25, 0.3) is 5.91 Å². The first-order valence-corrected chi connectivity index (χ1v) is 8.74. The number of ether oxygens (including phenoxy) is 1. The van der Waals surface area contributed by atoms with E-state index in [1.54, 1.807) is 13.0 Å². The van der Waals surface area contributed by atoms with Crippen molar-refractivity contribution < 1.29 is 18.8 Å². The fraction of sp³-hybridized carbons (Fsp3) is 0.300. The quantitative estimate of drug-likeness (QED) is 0.693. The Hall–Kier alpha value is -3.22. The van der Waals surface area contributed by atoms with Crippen molar-refractivity contribution in [3.05, 3.63) is 52.9 Å². The summed E-state index contributed by atoms with van der Waals surface area (Å²) in [5, 5.41) is 6.96. The number of rotatable bonds is 5. The molecule has 0 bridgehead atoms. The number of pyridine rings is 1. The highest BCUT2D eigenvalue weighted by Crippen LogP contribution is 2.25. The topological polar surface area (TPSA) is 94.3 Å². The van der Waals surface area contributed by atoms with Gasteiger partial charge in [-0.3, -0.25) is 9.78 Å². The molecule has 0 aliphatic rings. The number of aromatic nitrogens is 2. The van der Waals surface area contributed by atoms with Gasteiger partial charge in [-0.25, -0.2) is 4.79 Å². The first-order chi connectivity index (χ1) is 12.9. The molecule has 0 unspecified atom stereocenters. The molecule has 0 spiro atoms. The fourth-order valence-electron chi connectivity index (χ4n) is 2.89. The van der Waals surface area contributed by atoms with Crippen molar-refractivity contribution in [1.82, 2.24) is 10.1 Å². The molecule has 2 heterocycles. The van der Waals surface area contributed by atoms with Crippen molar-refractivity contribution in [2.24, 2.45) is 0 Å². The zero-order valence-corrected chi connectivity index (χ0v) is 15.7. The highest BCUT2D eigenvalue weighted by atomic mass is 16.5. The summed E-state index contributed by atoms with van der Waals surface area (Å²) >= 11 is 0. The van der Waals surface area contributed by atoms with Crippen molar-refractivity contribution in [2.45, 2.75) is 40.2 Å². The molecule has 0 aliphatic heterocycles. The third kappa shape index (κ3) is 3.81. The van der Waals surface area contributed by atoms with E-state index in [1.807, 2.05) is 38.1 Å². The van der Waals surface area contributed by atoms with Gasteiger partial charge in [0.05, 0.1) is 11.1 Å². The fourth-order valence-corrected chi connectivity index (χ4v) is 2.89. The smallest absolute Gasteiger partial charge is 0.339 e. The number of amides is 1. The Bertz CT molecular complexity index is 1010. The van der Waals surface area contributed by atoms with Crippen molar-refractivity contribution in [1.29, 1.82) is 0 Å². The molecule has 140 valence electrons. The molecule has 2 aromatic heterocycles. The van der Waals surface area contributed by atoms with Crippen molar-refractivity contribution >= 4 is 28.6 Å². The number of anilines is 1. The summed E-state index contributed by atoms with van der Waals surface area (Å²) in [6.45, 7) is 7.06. The number of nitrogens with one attached hydrogen (secondary N) is 1. The van der Waals surface area contributed by atoms with E-state index in [0.717, 1.165) is 16.8 Å². The molecule has 0 fully saturated rings. The van der Waals surface area contributed by atoms with Crippen LogP contribution in [0.2, 0.25) is 0 Å². The summed E-state index contributed by atoms with van der Waals surface area (Å²) in [4.78, 5) is 29.7. The van der Waals surface area contributed by atoms with Crippen LogP contribution >= 0.6 is 0 Å². The second-order valence-electron chi connectivity index (χ2n) is 6.29. The van der Waals surface area contributed by atoms with Crippen LogP contribution in [0, 0.1) is 13.8 Å². The normalized spacial score (nSPS) is 12.0. The summed E-state index contributed by atoms with van der Waals surface area (Å²) < 4.78 is 10.3. The van der Waals surface area contributed by atoms with Gasteiger partial charge < -0.3 is 14.6 Å². The van der Waals surface area contributed by atoms with Gasteiger partial charge >= 0.3 is 5.97 Å². The second-order valence-corrected chi connectivity index (χ2v) is 6.29. The van der Waals surface area contributed by atoms with E-state index in [1.165, 1.54) is 6.92 Å². The molecule has 1 N–H and O–H groups in total. The van der Waals surface area contributed by atoms with E-state index in [-0.39, 0.29) is 5.82 Å². The van der Waals surface area contributed by atoms with Crippen LogP contribution in [0.1, 0.15) is 41.2 Å². The van der Waals surface area contributed by atoms with Crippen LogP contribution in [0.4, 0.5) is 5.82 Å². The van der Waals surface area contributed by atoms with Crippen LogP contribution in [0.25, 0.3) is 10.9 Å². The lowest BCUT2D eigenvalue weighted by molar-refractivity contribution is -0.123. The number of aryl methyl sites for hydroxylation is 2. The summed E-state index contributed by atoms with van der Waals surface area (Å²) in [6, 6.07) is 8.98. The molecule has 1 aromatic carbocycles. The first kappa shape index (κ1) is 18.6. The summed E-state index contributed by atoms with van der Waals surface area (Å²) in [5.74, 6) is -0.191. The summed E-state index contributed by atoms with van der Waals surface area (Å²) in [5.41, 5.74) is 2.76. The first-order valence-electron chi connectivity index (χ1n) is 8.74. The Morgan fingerprint density at radius 2 is 2.00 bits per heavy atom. The number of hydrogen-bond acceptors (Lipinski definition) is 6. The number of carbonyl (C=O) groups is 2. The average Bonchev–Trinajstić information content (AvgIpc) is 3.05. The molecule has 7 heteroatoms. The molecule has 0 radical (unpaired) electrons. The van der Waals surface area contributed by atoms with E-state index in [2.05, 4.69) is 15.5 Å². The van der Waals surface area contributed by atoms with E-state index in [4.69, 9.17) is 9.26 Å². The average molecular weight is 367 g/mol. The number of nitrogens with zero attached hydrogens (tertiary/aromatic N) is 2. The standard InChI is InChI=1S/C20H21N3O4/c1-5-15-12(3)18(14-8-6-7-9-16(14)21-15)20(25)26-13(4)19(24)22-17-10-11(2)27-23-17/h6-10,13H,5H2,1-4H3,(H,22,23,24)/t13-/m0/s1. The van der Waals surface area contributed by atoms with Crippen molar-refractivity contribution in [3.63, 3.8) is 0 Å². The minimum Gasteiger partial charge on any atom is -0.449 e. The number of hydrogen-bond donors (Lipinski definition) is 1. The third-order valence-corrected chi connectivity index (χ3v) is 4.31. The number of benzene rings is 1. The van der Waals surface area contributed by atoms with E-state index in [9.17, 15) is 9.59 Å². The number of fused-ring (bicyclic) bond motifs is 1. The van der Waals surface area contributed by atoms with Crippen molar-refractivity contribution in [2.75, 3.05) is 5.32 Å². The maximum Gasteiger partial charge on any atom is 0.339 e. The predicted octanol–water partition coefficient (Wildman–Crippen LogP) is 3.59. The molecule has 3 rings (SSSR count). The van der Waals surface area contributed by atoms with Gasteiger partial charge in [0, 0.05) is 17.1 Å². The van der Waals surface area contributed by atoms with Crippen LogP contribution in [0.15, 0.2) is 34.9 Å². The third-order valence-electron chi connectivity index (χ3n) is 4.31. The highest BCUT2D eigenvalue weighted by Gasteiger charge is 2.24. The van der Waals surface area contributed by atoms with Crippen LogP contribution < -0.4 is 5.32 Å². The molecule has 0 saturated carbocycles. The lowest BCUT2D eigenvalue weighted by atomic mass is 10.0. The lowest BCUT2D eigenvalue weighted by Gasteiger charge is -2.16. The zero-order valence-electron chi connectivity index (χ0n) is 15.7. The zero-order chi connectivity index (χ0) is 19.6. The van der Waals surface area contributed by atoms with E-state index < -0.39 is 18.0 Å². The molecule has 7 nitrogen and oxygen atoms in total. The SMILES string of the molecule is CCc1nc2ccccc2c(C(=O)O[C@@H](C)C(=O)Nc2cc(C)on2)c1C. The lowest BCUT2D eigenvalue weighted by Crippen LogP contribution is -2.30. The number of esters is 1. The Balaban J connectivity index is 1.85. The molecule has 1 amide bonds. The van der Waals surface area contributed by atoms with Crippen molar-refractivity contribution in [3.8, 4) is 0 Å². The maximum atomic E-state index is 12.9. The second kappa shape index (κ2) is 7.57. The molecule has 0 aliphatic carbocycles. The van der Waals surface area contributed by atoms with Crippen LogP contribution in [0.3, 0.4) is 0 Å². The predicted molar refractivity (Wildman–Crippen MR) is 101 cm³/mol. The van der Waals surface area contributed by atoms with Gasteiger partial charge in [-0.1, -0.05) is 30.3 Å². The van der Waals surface area contributed by atoms with Gasteiger partial charge in [0.15, 0.2) is 11.9 Å². The molecular weight excluding hydrogens is 346 g/mol. The largest absolute Gasteiger partial charge is 0.449 e. The highest BCUT2D eigenvalue weighted by molar-refractivity contribution is 6.06. The van der Waals surface area contributed by atoms with Gasteiger partial charge in [0.1, 0.15) is 5.76 Å². The summed E-state index contributed by atoms with van der Waals surface area (Å²) in [7, 11) is 0. The maximum absolute atomic E-state index is 12.9. The van der Waals surface area contributed by atoms with Crippen LogP contribution in [-0.2, 0) is 16.0 Å². The molecule has 3 aromatic rings. The molecule has 27 heavy (non-hydrogen) atoms. The van der Waals surface area contributed by atoms with Gasteiger partial charge in [-0.15, -0.1) is 0 Å². The Kier molecular flexibility index (Phi) is 5.21. The molecule has 1 atom stereocenters. The number of para-hydroxylation sites is 1. The number of carbonyl (C=O) groups excluding carboxylic acids is 2. The summed E-state index contributed by atoms with van der Waals surface area (Å²) in [6.07, 6.45) is -0.302. The Morgan fingerprint density at radius 1 is 1.26 bits per heavy atom.